The van der Waals surface area contributed by atoms with Gasteiger partial charge in [-0.2, -0.15) is 0 Å². The van der Waals surface area contributed by atoms with E-state index < -0.39 is 4.92 Å². The third-order valence-electron chi connectivity index (χ3n) is 2.78. The molecule has 0 atom stereocenters. The van der Waals surface area contributed by atoms with E-state index in [0.717, 1.165) is 0 Å². The van der Waals surface area contributed by atoms with E-state index in [-0.39, 0.29) is 17.0 Å². The lowest BCUT2D eigenvalue weighted by Crippen LogP contribution is -2.07. The lowest BCUT2D eigenvalue weighted by Gasteiger charge is -2.06. The fourth-order valence-corrected chi connectivity index (χ4v) is 1.97. The molecule has 0 saturated carbocycles. The van der Waals surface area contributed by atoms with Gasteiger partial charge >= 0.3 is 0 Å². The Labute approximate surface area is 114 Å². The first kappa shape index (κ1) is 13.2. The van der Waals surface area contributed by atoms with Gasteiger partial charge in [0.1, 0.15) is 5.56 Å². The summed E-state index contributed by atoms with van der Waals surface area (Å²) in [6.07, 6.45) is 0. The predicted octanol–water partition coefficient (Wildman–Crippen LogP) is 3.79. The Morgan fingerprint density at radius 1 is 1.16 bits per heavy atom. The van der Waals surface area contributed by atoms with Crippen molar-refractivity contribution >= 4 is 23.1 Å². The quantitative estimate of drug-likeness (QED) is 0.486. The molecule has 0 bridgehead atoms. The summed E-state index contributed by atoms with van der Waals surface area (Å²) in [4.78, 5) is 22.8. The number of hydrogen-bond acceptors (Lipinski definition) is 3. The van der Waals surface area contributed by atoms with E-state index in [0.29, 0.717) is 16.1 Å². The van der Waals surface area contributed by atoms with Crippen LogP contribution in [0.25, 0.3) is 0 Å². The molecule has 0 unspecified atom stereocenters. The Hall–Kier alpha value is -2.20. The second-order valence-electron chi connectivity index (χ2n) is 4.06. The van der Waals surface area contributed by atoms with Crippen molar-refractivity contribution in [3.05, 3.63) is 74.3 Å². The van der Waals surface area contributed by atoms with Gasteiger partial charge in [-0.3, -0.25) is 14.9 Å². The van der Waals surface area contributed by atoms with E-state index in [9.17, 15) is 14.9 Å². The molecule has 96 valence electrons. The van der Waals surface area contributed by atoms with Crippen molar-refractivity contribution in [1.29, 1.82) is 0 Å². The minimum Gasteiger partial charge on any atom is -0.288 e. The molecule has 0 aliphatic carbocycles. The number of rotatable bonds is 3. The van der Waals surface area contributed by atoms with E-state index in [4.69, 9.17) is 11.6 Å². The van der Waals surface area contributed by atoms with Crippen LogP contribution in [-0.4, -0.2) is 10.7 Å². The molecule has 0 aromatic heterocycles. The maximum atomic E-state index is 12.4. The summed E-state index contributed by atoms with van der Waals surface area (Å²) in [6, 6.07) is 10.8. The van der Waals surface area contributed by atoms with Crippen LogP contribution in [0.2, 0.25) is 5.02 Å². The monoisotopic (exact) mass is 275 g/mol. The molecule has 0 N–H and O–H groups in total. The fourth-order valence-electron chi connectivity index (χ4n) is 1.85. The number of nitro groups is 1. The molecule has 4 nitrogen and oxygen atoms in total. The molecular weight excluding hydrogens is 266 g/mol. The van der Waals surface area contributed by atoms with Crippen molar-refractivity contribution in [2.24, 2.45) is 0 Å². The number of aryl methyl sites for hydroxylation is 1. The van der Waals surface area contributed by atoms with Crippen LogP contribution in [0.5, 0.6) is 0 Å². The smallest absolute Gasteiger partial charge is 0.280 e. The Balaban J connectivity index is 2.55. The summed E-state index contributed by atoms with van der Waals surface area (Å²) in [6.45, 7) is 1.68. The molecule has 0 heterocycles. The Morgan fingerprint density at radius 3 is 2.37 bits per heavy atom. The SMILES string of the molecule is Cc1cccc([N+](=O)[O-])c1C(=O)c1ccc(Cl)cc1. The topological polar surface area (TPSA) is 60.2 Å². The van der Waals surface area contributed by atoms with E-state index in [1.54, 1.807) is 43.3 Å². The molecule has 0 radical (unpaired) electrons. The third kappa shape index (κ3) is 2.63. The molecule has 2 aromatic carbocycles. The Bertz CT molecular complexity index is 650. The van der Waals surface area contributed by atoms with Crippen LogP contribution >= 0.6 is 11.6 Å². The zero-order chi connectivity index (χ0) is 14.0. The highest BCUT2D eigenvalue weighted by atomic mass is 35.5. The van der Waals surface area contributed by atoms with Crippen LogP contribution < -0.4 is 0 Å². The lowest BCUT2D eigenvalue weighted by atomic mass is 9.97. The number of nitro benzene ring substituents is 1. The number of carbonyl (C=O) groups excluding carboxylic acids is 1. The second-order valence-corrected chi connectivity index (χ2v) is 4.50. The van der Waals surface area contributed by atoms with E-state index in [1.807, 2.05) is 0 Å². The van der Waals surface area contributed by atoms with Gasteiger partial charge in [0.15, 0.2) is 5.78 Å². The molecule has 0 aliphatic rings. The van der Waals surface area contributed by atoms with Gasteiger partial charge < -0.3 is 0 Å². The normalized spacial score (nSPS) is 10.2. The summed E-state index contributed by atoms with van der Waals surface area (Å²) in [5, 5.41) is 11.5. The summed E-state index contributed by atoms with van der Waals surface area (Å²) >= 11 is 5.76. The molecular formula is C14H10ClNO3. The van der Waals surface area contributed by atoms with Gasteiger partial charge in [0.25, 0.3) is 5.69 Å². The highest BCUT2D eigenvalue weighted by Gasteiger charge is 2.22. The number of nitrogens with zero attached hydrogens (tertiary/aromatic N) is 1. The molecule has 0 saturated heterocycles. The van der Waals surface area contributed by atoms with Crippen LogP contribution in [0.1, 0.15) is 21.5 Å². The van der Waals surface area contributed by atoms with Gasteiger partial charge in [0.2, 0.25) is 0 Å². The minimum absolute atomic E-state index is 0.120. The first-order valence-electron chi connectivity index (χ1n) is 5.55. The average molecular weight is 276 g/mol. The number of benzene rings is 2. The van der Waals surface area contributed by atoms with Crippen molar-refractivity contribution in [3.8, 4) is 0 Å². The summed E-state index contributed by atoms with van der Waals surface area (Å²) in [5.74, 6) is -0.374. The number of hydrogen-bond donors (Lipinski definition) is 0. The average Bonchev–Trinajstić information content (AvgIpc) is 2.38. The van der Waals surface area contributed by atoms with Gasteiger partial charge in [0.05, 0.1) is 4.92 Å². The molecule has 0 fully saturated rings. The minimum atomic E-state index is -0.545. The van der Waals surface area contributed by atoms with E-state index in [2.05, 4.69) is 0 Å². The van der Waals surface area contributed by atoms with Gasteiger partial charge in [-0.25, -0.2) is 0 Å². The summed E-state index contributed by atoms with van der Waals surface area (Å²) in [5.41, 5.74) is 0.894. The highest BCUT2D eigenvalue weighted by molar-refractivity contribution is 6.30. The van der Waals surface area contributed by atoms with Gasteiger partial charge in [0, 0.05) is 16.7 Å². The van der Waals surface area contributed by atoms with Crippen LogP contribution in [0.4, 0.5) is 5.69 Å². The third-order valence-corrected chi connectivity index (χ3v) is 3.03. The lowest BCUT2D eigenvalue weighted by molar-refractivity contribution is -0.385. The summed E-state index contributed by atoms with van der Waals surface area (Å²) in [7, 11) is 0. The molecule has 0 aliphatic heterocycles. The summed E-state index contributed by atoms with van der Waals surface area (Å²) < 4.78 is 0. The molecule has 19 heavy (non-hydrogen) atoms. The predicted molar refractivity (Wildman–Crippen MR) is 72.7 cm³/mol. The second kappa shape index (κ2) is 5.20. The highest BCUT2D eigenvalue weighted by Crippen LogP contribution is 2.25. The van der Waals surface area contributed by atoms with Crippen molar-refractivity contribution in [1.82, 2.24) is 0 Å². The molecule has 2 rings (SSSR count). The standard InChI is InChI=1S/C14H10ClNO3/c1-9-3-2-4-12(16(18)19)13(9)14(17)10-5-7-11(15)8-6-10/h2-8H,1H3. The fraction of sp³-hybridized carbons (Fsp3) is 0.0714. The van der Waals surface area contributed by atoms with Gasteiger partial charge in [-0.05, 0) is 36.8 Å². The van der Waals surface area contributed by atoms with E-state index in [1.165, 1.54) is 6.07 Å². The van der Waals surface area contributed by atoms with E-state index >= 15 is 0 Å². The van der Waals surface area contributed by atoms with Crippen LogP contribution in [0.3, 0.4) is 0 Å². The van der Waals surface area contributed by atoms with Crippen LogP contribution in [0, 0.1) is 17.0 Å². The molecule has 0 amide bonds. The molecule has 2 aromatic rings. The largest absolute Gasteiger partial charge is 0.288 e. The van der Waals surface area contributed by atoms with Crippen LogP contribution in [-0.2, 0) is 0 Å². The first-order chi connectivity index (χ1) is 9.00. The van der Waals surface area contributed by atoms with Crippen molar-refractivity contribution < 1.29 is 9.72 Å². The zero-order valence-electron chi connectivity index (χ0n) is 10.1. The van der Waals surface area contributed by atoms with Crippen molar-refractivity contribution in [3.63, 3.8) is 0 Å². The maximum Gasteiger partial charge on any atom is 0.280 e. The number of ketones is 1. The molecule has 0 spiro atoms. The van der Waals surface area contributed by atoms with Gasteiger partial charge in [-0.1, -0.05) is 23.7 Å². The van der Waals surface area contributed by atoms with Crippen molar-refractivity contribution in [2.45, 2.75) is 6.92 Å². The molecule has 5 heteroatoms. The maximum absolute atomic E-state index is 12.4. The Morgan fingerprint density at radius 2 is 1.79 bits per heavy atom. The number of halogens is 1. The number of carbonyl (C=O) groups is 1. The first-order valence-corrected chi connectivity index (χ1v) is 5.93. The zero-order valence-corrected chi connectivity index (χ0v) is 10.8. The van der Waals surface area contributed by atoms with Crippen molar-refractivity contribution in [2.75, 3.05) is 0 Å². The van der Waals surface area contributed by atoms with Gasteiger partial charge in [-0.15, -0.1) is 0 Å². The van der Waals surface area contributed by atoms with Crippen LogP contribution in [0.15, 0.2) is 42.5 Å². The Kier molecular flexibility index (Phi) is 3.62.